The van der Waals surface area contributed by atoms with Crippen molar-refractivity contribution in [3.05, 3.63) is 108 Å². The van der Waals surface area contributed by atoms with Crippen LogP contribution in [0.15, 0.2) is 97.1 Å². The second-order valence-electron chi connectivity index (χ2n) is 7.20. The van der Waals surface area contributed by atoms with Crippen LogP contribution in [0.5, 0.6) is 5.75 Å². The van der Waals surface area contributed by atoms with Gasteiger partial charge < -0.3 is 10.1 Å². The van der Waals surface area contributed by atoms with Crippen LogP contribution in [0.3, 0.4) is 0 Å². The van der Waals surface area contributed by atoms with Gasteiger partial charge in [-0.05, 0) is 59.3 Å². The number of hydrogen-bond acceptors (Lipinski definition) is 4. The van der Waals surface area contributed by atoms with Gasteiger partial charge in [0.2, 0.25) is 0 Å². The fourth-order valence-electron chi connectivity index (χ4n) is 3.14. The summed E-state index contributed by atoms with van der Waals surface area (Å²) in [5.41, 5.74) is 6.08. The Morgan fingerprint density at radius 2 is 1.30 bits per heavy atom. The molecule has 0 saturated carbocycles. The second kappa shape index (κ2) is 10.1. The lowest BCUT2D eigenvalue weighted by Gasteiger charge is -2.10. The topological polar surface area (TPSA) is 96.5 Å². The summed E-state index contributed by atoms with van der Waals surface area (Å²) in [5, 5.41) is 4.84. The summed E-state index contributed by atoms with van der Waals surface area (Å²) in [4.78, 5) is 36.5. The molecular weight excluding hydrogens is 418 g/mol. The molecule has 0 heterocycles. The molecule has 0 radical (unpaired) electrons. The molecular formula is C26H21N3O4. The Bertz CT molecular complexity index is 1290. The van der Waals surface area contributed by atoms with Gasteiger partial charge in [0.05, 0.1) is 0 Å². The van der Waals surface area contributed by atoms with E-state index >= 15 is 0 Å². The molecule has 0 bridgehead atoms. The highest BCUT2D eigenvalue weighted by Crippen LogP contribution is 2.20. The van der Waals surface area contributed by atoms with E-state index in [1.54, 1.807) is 54.6 Å². The predicted octanol–water partition coefficient (Wildman–Crippen LogP) is 3.93. The number of anilines is 1. The standard InChI is InChI=1S/C26H21N3O4/c30-24(17-33-23-15-12-18-6-4-5-9-21(18)16-23)28-29-26(32)20-10-13-22(14-11-20)27-25(31)19-7-2-1-3-8-19/h1-16H,17H2,(H,27,31)(H,28,30)(H,29,32). The van der Waals surface area contributed by atoms with E-state index < -0.39 is 11.8 Å². The van der Waals surface area contributed by atoms with Crippen LogP contribution in [-0.2, 0) is 4.79 Å². The van der Waals surface area contributed by atoms with E-state index in [1.807, 2.05) is 42.5 Å². The maximum absolute atomic E-state index is 12.3. The Balaban J connectivity index is 1.24. The number of nitrogens with one attached hydrogen (secondary N) is 3. The van der Waals surface area contributed by atoms with E-state index in [-0.39, 0.29) is 12.5 Å². The number of amides is 3. The molecule has 0 saturated heterocycles. The summed E-state index contributed by atoms with van der Waals surface area (Å²) in [5.74, 6) is -0.673. The van der Waals surface area contributed by atoms with Gasteiger partial charge in [-0.25, -0.2) is 0 Å². The molecule has 4 aromatic rings. The smallest absolute Gasteiger partial charge is 0.276 e. The molecule has 4 aromatic carbocycles. The first-order valence-electron chi connectivity index (χ1n) is 10.3. The highest BCUT2D eigenvalue weighted by Gasteiger charge is 2.10. The number of rotatable bonds is 6. The molecule has 3 N–H and O–H groups in total. The molecule has 7 heteroatoms. The lowest BCUT2D eigenvalue weighted by Crippen LogP contribution is -2.43. The van der Waals surface area contributed by atoms with Gasteiger partial charge in [0.25, 0.3) is 17.7 Å². The first-order chi connectivity index (χ1) is 16.1. The zero-order valence-corrected chi connectivity index (χ0v) is 17.6. The normalized spacial score (nSPS) is 10.3. The van der Waals surface area contributed by atoms with Gasteiger partial charge in [0.1, 0.15) is 5.75 Å². The van der Waals surface area contributed by atoms with Gasteiger partial charge >= 0.3 is 0 Å². The Labute approximate surface area is 190 Å². The van der Waals surface area contributed by atoms with E-state index in [0.29, 0.717) is 22.6 Å². The Kier molecular flexibility index (Phi) is 6.61. The largest absolute Gasteiger partial charge is 0.484 e. The SMILES string of the molecule is O=C(COc1ccc2ccccc2c1)NNC(=O)c1ccc(NC(=O)c2ccccc2)cc1. The maximum Gasteiger partial charge on any atom is 0.276 e. The van der Waals surface area contributed by atoms with Crippen molar-refractivity contribution in [3.8, 4) is 5.75 Å². The highest BCUT2D eigenvalue weighted by atomic mass is 16.5. The summed E-state index contributed by atoms with van der Waals surface area (Å²) in [6.45, 7) is -0.247. The minimum absolute atomic E-state index is 0.244. The van der Waals surface area contributed by atoms with Crippen LogP contribution in [-0.4, -0.2) is 24.3 Å². The van der Waals surface area contributed by atoms with Crippen molar-refractivity contribution < 1.29 is 19.1 Å². The van der Waals surface area contributed by atoms with Gasteiger partial charge in [0.15, 0.2) is 6.61 Å². The van der Waals surface area contributed by atoms with Crippen molar-refractivity contribution in [2.75, 3.05) is 11.9 Å². The van der Waals surface area contributed by atoms with Crippen LogP contribution in [0.4, 0.5) is 5.69 Å². The molecule has 0 unspecified atom stereocenters. The zero-order chi connectivity index (χ0) is 23.0. The molecule has 3 amide bonds. The molecule has 4 rings (SSSR count). The molecule has 33 heavy (non-hydrogen) atoms. The third-order valence-corrected chi connectivity index (χ3v) is 4.85. The van der Waals surface area contributed by atoms with Crippen LogP contribution >= 0.6 is 0 Å². The predicted molar refractivity (Wildman–Crippen MR) is 126 cm³/mol. The number of hydrazine groups is 1. The lowest BCUT2D eigenvalue weighted by molar-refractivity contribution is -0.123. The number of carbonyl (C=O) groups excluding carboxylic acids is 3. The monoisotopic (exact) mass is 439 g/mol. The number of benzene rings is 4. The number of fused-ring (bicyclic) bond motifs is 1. The lowest BCUT2D eigenvalue weighted by atomic mass is 10.1. The minimum atomic E-state index is -0.497. The van der Waals surface area contributed by atoms with Crippen LogP contribution in [0.1, 0.15) is 20.7 Å². The Morgan fingerprint density at radius 3 is 2.06 bits per heavy atom. The average Bonchev–Trinajstić information content (AvgIpc) is 2.86. The molecule has 7 nitrogen and oxygen atoms in total. The van der Waals surface area contributed by atoms with Crippen LogP contribution < -0.4 is 20.9 Å². The zero-order valence-electron chi connectivity index (χ0n) is 17.6. The number of ether oxygens (including phenoxy) is 1. The van der Waals surface area contributed by atoms with Crippen molar-refractivity contribution >= 4 is 34.2 Å². The van der Waals surface area contributed by atoms with Gasteiger partial charge in [-0.15, -0.1) is 0 Å². The Hall–Kier alpha value is -4.65. The second-order valence-corrected chi connectivity index (χ2v) is 7.20. The van der Waals surface area contributed by atoms with Crippen molar-refractivity contribution in [1.82, 2.24) is 10.9 Å². The van der Waals surface area contributed by atoms with Gasteiger partial charge in [-0.3, -0.25) is 25.2 Å². The number of hydrogen-bond donors (Lipinski definition) is 3. The average molecular weight is 439 g/mol. The fraction of sp³-hybridized carbons (Fsp3) is 0.0385. The number of carbonyl (C=O) groups is 3. The highest BCUT2D eigenvalue weighted by molar-refractivity contribution is 6.04. The van der Waals surface area contributed by atoms with Crippen molar-refractivity contribution in [2.24, 2.45) is 0 Å². The van der Waals surface area contributed by atoms with Gasteiger partial charge in [0, 0.05) is 16.8 Å². The Morgan fingerprint density at radius 1 is 0.636 bits per heavy atom. The van der Waals surface area contributed by atoms with E-state index in [0.717, 1.165) is 10.8 Å². The molecule has 0 aliphatic rings. The molecule has 0 atom stereocenters. The molecule has 0 aromatic heterocycles. The first kappa shape index (κ1) is 21.6. The summed E-state index contributed by atoms with van der Waals surface area (Å²) < 4.78 is 5.50. The van der Waals surface area contributed by atoms with E-state index in [1.165, 1.54) is 0 Å². The summed E-state index contributed by atoms with van der Waals surface area (Å²) >= 11 is 0. The summed E-state index contributed by atoms with van der Waals surface area (Å²) in [7, 11) is 0. The first-order valence-corrected chi connectivity index (χ1v) is 10.3. The molecule has 0 aliphatic heterocycles. The quantitative estimate of drug-likeness (QED) is 0.397. The van der Waals surface area contributed by atoms with Gasteiger partial charge in [-0.2, -0.15) is 0 Å². The molecule has 0 fully saturated rings. The summed E-state index contributed by atoms with van der Waals surface area (Å²) in [6.07, 6.45) is 0. The fourth-order valence-corrected chi connectivity index (χ4v) is 3.14. The summed E-state index contributed by atoms with van der Waals surface area (Å²) in [6, 6.07) is 28.5. The van der Waals surface area contributed by atoms with Crippen LogP contribution in [0, 0.1) is 0 Å². The van der Waals surface area contributed by atoms with Crippen LogP contribution in [0.25, 0.3) is 10.8 Å². The van der Waals surface area contributed by atoms with E-state index in [9.17, 15) is 14.4 Å². The van der Waals surface area contributed by atoms with E-state index in [2.05, 4.69) is 16.2 Å². The van der Waals surface area contributed by atoms with Crippen molar-refractivity contribution in [2.45, 2.75) is 0 Å². The van der Waals surface area contributed by atoms with Gasteiger partial charge in [-0.1, -0.05) is 48.5 Å². The molecule has 0 aliphatic carbocycles. The van der Waals surface area contributed by atoms with Crippen molar-refractivity contribution in [1.29, 1.82) is 0 Å². The molecule has 164 valence electrons. The van der Waals surface area contributed by atoms with Crippen molar-refractivity contribution in [3.63, 3.8) is 0 Å². The van der Waals surface area contributed by atoms with E-state index in [4.69, 9.17) is 4.74 Å². The third-order valence-electron chi connectivity index (χ3n) is 4.85. The third kappa shape index (κ3) is 5.74. The molecule has 0 spiro atoms. The van der Waals surface area contributed by atoms with Crippen LogP contribution in [0.2, 0.25) is 0 Å². The maximum atomic E-state index is 12.3. The minimum Gasteiger partial charge on any atom is -0.484 e.